The number of para-hydroxylation sites is 1. The summed E-state index contributed by atoms with van der Waals surface area (Å²) in [5.74, 6) is 0.164. The number of carbonyl (C=O) groups is 1. The Morgan fingerprint density at radius 3 is 2.57 bits per heavy atom. The molecule has 0 unspecified atom stereocenters. The number of aryl methyl sites for hydroxylation is 1. The molecule has 0 bridgehead atoms. The fraction of sp³-hybridized carbons (Fsp3) is 0.308. The number of benzene rings is 1. The van der Waals surface area contributed by atoms with E-state index < -0.39 is 15.7 Å². The summed E-state index contributed by atoms with van der Waals surface area (Å²) >= 11 is 0. The fourth-order valence-electron chi connectivity index (χ4n) is 1.72. The van der Waals surface area contributed by atoms with Crippen molar-refractivity contribution in [2.45, 2.75) is 13.3 Å². The third kappa shape index (κ3) is 4.38. The Bertz CT molecular complexity index is 738. The van der Waals surface area contributed by atoms with Crippen molar-refractivity contribution in [1.29, 1.82) is 0 Å². The molecule has 7 nitrogen and oxygen atoms in total. The topological polar surface area (TPSA) is 93.9 Å². The van der Waals surface area contributed by atoms with Gasteiger partial charge < -0.3 is 0 Å². The van der Waals surface area contributed by atoms with Crippen molar-refractivity contribution >= 4 is 21.7 Å². The lowest BCUT2D eigenvalue weighted by atomic mass is 10.3. The molecule has 8 heteroatoms. The minimum Gasteiger partial charge on any atom is -0.293 e. The Kier molecular flexibility index (Phi) is 4.37. The Morgan fingerprint density at radius 2 is 1.95 bits per heavy atom. The van der Waals surface area contributed by atoms with Crippen LogP contribution in [0.2, 0.25) is 0 Å². The van der Waals surface area contributed by atoms with Crippen molar-refractivity contribution in [3.63, 3.8) is 0 Å². The first-order chi connectivity index (χ1) is 9.85. The highest BCUT2D eigenvalue weighted by molar-refractivity contribution is 7.90. The highest BCUT2D eigenvalue weighted by Gasteiger charge is 2.12. The van der Waals surface area contributed by atoms with Crippen LogP contribution in [0.3, 0.4) is 0 Å². The van der Waals surface area contributed by atoms with Crippen molar-refractivity contribution in [1.82, 2.24) is 14.8 Å². The number of amides is 1. The standard InChI is InChI=1S/C13H16N4O3S/c1-10-14-13(15-12(18)8-9-21(2,19)20)16-17(10)11-6-4-3-5-7-11/h3-7H,8-9H2,1-2H3,(H,15,16,18). The molecule has 21 heavy (non-hydrogen) atoms. The molecule has 1 heterocycles. The molecular formula is C13H16N4O3S. The van der Waals surface area contributed by atoms with E-state index in [1.165, 1.54) is 0 Å². The summed E-state index contributed by atoms with van der Waals surface area (Å²) in [6, 6.07) is 9.39. The van der Waals surface area contributed by atoms with Gasteiger partial charge in [0.25, 0.3) is 0 Å². The number of nitrogens with zero attached hydrogens (tertiary/aromatic N) is 3. The van der Waals surface area contributed by atoms with Gasteiger partial charge in [-0.2, -0.15) is 4.98 Å². The first-order valence-corrected chi connectivity index (χ1v) is 8.38. The van der Waals surface area contributed by atoms with Gasteiger partial charge in [-0.15, -0.1) is 5.10 Å². The number of aromatic nitrogens is 3. The van der Waals surface area contributed by atoms with E-state index in [4.69, 9.17) is 0 Å². The summed E-state index contributed by atoms with van der Waals surface area (Å²) in [7, 11) is -3.16. The van der Waals surface area contributed by atoms with E-state index >= 15 is 0 Å². The monoisotopic (exact) mass is 308 g/mol. The van der Waals surface area contributed by atoms with Gasteiger partial charge >= 0.3 is 0 Å². The van der Waals surface area contributed by atoms with Crippen molar-refractivity contribution in [2.75, 3.05) is 17.3 Å². The van der Waals surface area contributed by atoms with Crippen LogP contribution in [0, 0.1) is 6.92 Å². The number of carbonyl (C=O) groups excluding carboxylic acids is 1. The van der Waals surface area contributed by atoms with E-state index in [9.17, 15) is 13.2 Å². The largest absolute Gasteiger partial charge is 0.293 e. The minimum atomic E-state index is -3.16. The maximum atomic E-state index is 11.7. The van der Waals surface area contributed by atoms with Crippen molar-refractivity contribution < 1.29 is 13.2 Å². The number of rotatable bonds is 5. The van der Waals surface area contributed by atoms with Gasteiger partial charge in [0.05, 0.1) is 11.4 Å². The molecule has 0 saturated heterocycles. The molecule has 1 amide bonds. The summed E-state index contributed by atoms with van der Waals surface area (Å²) in [5, 5.41) is 6.69. The lowest BCUT2D eigenvalue weighted by Crippen LogP contribution is -2.17. The van der Waals surface area contributed by atoms with Gasteiger partial charge in [-0.05, 0) is 19.1 Å². The predicted molar refractivity (Wildman–Crippen MR) is 79.1 cm³/mol. The van der Waals surface area contributed by atoms with Crippen LogP contribution in [0.1, 0.15) is 12.2 Å². The normalized spacial score (nSPS) is 11.3. The highest BCUT2D eigenvalue weighted by atomic mass is 32.2. The molecule has 1 N–H and O–H groups in total. The number of sulfone groups is 1. The molecule has 0 aliphatic rings. The molecule has 0 atom stereocenters. The SMILES string of the molecule is Cc1nc(NC(=O)CCS(C)(=O)=O)nn1-c1ccccc1. The van der Waals surface area contributed by atoms with Crippen LogP contribution in [-0.2, 0) is 14.6 Å². The second-order valence-corrected chi connectivity index (χ2v) is 6.92. The van der Waals surface area contributed by atoms with Crippen LogP contribution in [-0.4, -0.2) is 41.1 Å². The van der Waals surface area contributed by atoms with Crippen LogP contribution in [0.25, 0.3) is 5.69 Å². The number of hydrogen-bond donors (Lipinski definition) is 1. The third-order valence-electron chi connectivity index (χ3n) is 2.72. The average molecular weight is 308 g/mol. The van der Waals surface area contributed by atoms with Crippen LogP contribution in [0.4, 0.5) is 5.95 Å². The molecule has 1 aromatic heterocycles. The first-order valence-electron chi connectivity index (χ1n) is 6.32. The number of nitrogens with one attached hydrogen (secondary N) is 1. The minimum absolute atomic E-state index is 0.113. The molecule has 0 radical (unpaired) electrons. The van der Waals surface area contributed by atoms with E-state index in [2.05, 4.69) is 15.4 Å². The summed E-state index contributed by atoms with van der Waals surface area (Å²) in [6.07, 6.45) is 0.977. The number of anilines is 1. The summed E-state index contributed by atoms with van der Waals surface area (Å²) < 4.78 is 23.6. The van der Waals surface area contributed by atoms with Gasteiger partial charge in [0, 0.05) is 12.7 Å². The van der Waals surface area contributed by atoms with E-state index in [0.29, 0.717) is 5.82 Å². The fourth-order valence-corrected chi connectivity index (χ4v) is 2.28. The molecule has 0 aliphatic heterocycles. The zero-order valence-electron chi connectivity index (χ0n) is 11.8. The van der Waals surface area contributed by atoms with Gasteiger partial charge in [-0.25, -0.2) is 13.1 Å². The quantitative estimate of drug-likeness (QED) is 0.887. The Balaban J connectivity index is 2.08. The average Bonchev–Trinajstić information content (AvgIpc) is 2.77. The zero-order chi connectivity index (χ0) is 15.5. The van der Waals surface area contributed by atoms with E-state index in [0.717, 1.165) is 11.9 Å². The summed E-state index contributed by atoms with van der Waals surface area (Å²) in [5.41, 5.74) is 0.833. The molecule has 0 spiro atoms. The zero-order valence-corrected chi connectivity index (χ0v) is 12.6. The summed E-state index contributed by atoms with van der Waals surface area (Å²) in [4.78, 5) is 15.8. The molecule has 112 valence electrons. The molecular weight excluding hydrogens is 292 g/mol. The number of hydrogen-bond acceptors (Lipinski definition) is 5. The lowest BCUT2D eigenvalue weighted by Gasteiger charge is -2.01. The maximum Gasteiger partial charge on any atom is 0.249 e. The van der Waals surface area contributed by atoms with Crippen molar-refractivity contribution in [2.24, 2.45) is 0 Å². The maximum absolute atomic E-state index is 11.7. The van der Waals surface area contributed by atoms with Gasteiger partial charge in [-0.1, -0.05) is 18.2 Å². The summed E-state index contributed by atoms with van der Waals surface area (Å²) in [6.45, 7) is 1.77. The molecule has 2 rings (SSSR count). The van der Waals surface area contributed by atoms with Gasteiger partial charge in [-0.3, -0.25) is 10.1 Å². The second-order valence-electron chi connectivity index (χ2n) is 4.66. The van der Waals surface area contributed by atoms with Crippen molar-refractivity contribution in [3.05, 3.63) is 36.2 Å². The lowest BCUT2D eigenvalue weighted by molar-refractivity contribution is -0.115. The molecule has 2 aromatic rings. The van der Waals surface area contributed by atoms with Crippen LogP contribution >= 0.6 is 0 Å². The third-order valence-corrected chi connectivity index (χ3v) is 3.67. The molecule has 0 aliphatic carbocycles. The molecule has 0 fully saturated rings. The Morgan fingerprint density at radius 1 is 1.29 bits per heavy atom. The van der Waals surface area contributed by atoms with Gasteiger partial charge in [0.1, 0.15) is 15.7 Å². The smallest absolute Gasteiger partial charge is 0.249 e. The second kappa shape index (κ2) is 6.04. The van der Waals surface area contributed by atoms with E-state index in [-0.39, 0.29) is 18.1 Å². The molecule has 0 saturated carbocycles. The Labute approximate surface area is 122 Å². The highest BCUT2D eigenvalue weighted by Crippen LogP contribution is 2.11. The predicted octanol–water partition coefficient (Wildman–Crippen LogP) is 0.949. The van der Waals surface area contributed by atoms with Gasteiger partial charge in [0.15, 0.2) is 0 Å². The van der Waals surface area contributed by atoms with E-state index in [1.807, 2.05) is 30.3 Å². The van der Waals surface area contributed by atoms with Crippen LogP contribution < -0.4 is 5.32 Å². The first kappa shape index (κ1) is 15.2. The van der Waals surface area contributed by atoms with E-state index in [1.54, 1.807) is 11.6 Å². The van der Waals surface area contributed by atoms with Crippen molar-refractivity contribution in [3.8, 4) is 5.69 Å². The molecule has 1 aromatic carbocycles. The van der Waals surface area contributed by atoms with Gasteiger partial charge in [0.2, 0.25) is 11.9 Å². The van der Waals surface area contributed by atoms with Crippen LogP contribution in [0.5, 0.6) is 0 Å². The van der Waals surface area contributed by atoms with Crippen LogP contribution in [0.15, 0.2) is 30.3 Å². The Hall–Kier alpha value is -2.22.